The molecular weight excluding hydrogens is 1470 g/mol. The quantitative estimate of drug-likeness (QED) is 0.138. The summed E-state index contributed by atoms with van der Waals surface area (Å²) in [7, 11) is 0. The zero-order valence-electron chi connectivity index (χ0n) is 52.7. The van der Waals surface area contributed by atoms with E-state index in [4.69, 9.17) is 9.97 Å². The Kier molecular flexibility index (Phi) is 17.2. The van der Waals surface area contributed by atoms with Crippen LogP contribution in [0.1, 0.15) is 106 Å². The molecule has 0 amide bonds. The van der Waals surface area contributed by atoms with Crippen LogP contribution in [0.5, 0.6) is 0 Å². The molecule has 0 aliphatic heterocycles. The minimum atomic E-state index is 0. The molecule has 0 N–H and O–H groups in total. The standard InChI is InChI=1S/2C29H17N2.2C10H18N3.2Pt/c2*1-3-11-21-19(9-1)20-10-2-4-12-22(20)26-16-8-18-30-29(26)31-27-17-6-5-13-23(27)25-15-7-14-24(21)28(25)31;2*1-9(2,3)7-8(10(4,5)6)12-13-11-7;;/h2*1-16,18H;2*1-6H3;;/q4*-1;2*+2. The van der Waals surface area contributed by atoms with Crippen LogP contribution >= 0.6 is 0 Å². The molecule has 8 aromatic heterocycles. The molecule has 0 atom stereocenters. The van der Waals surface area contributed by atoms with E-state index in [1.54, 1.807) is 0 Å². The fourth-order valence-corrected chi connectivity index (χ4v) is 12.6. The van der Waals surface area contributed by atoms with Crippen LogP contribution in [0.25, 0.3) is 120 Å². The molecule has 8 heterocycles. The first kappa shape index (κ1) is 62.9. The van der Waals surface area contributed by atoms with E-state index in [1.807, 2.05) is 36.7 Å². The van der Waals surface area contributed by atoms with Crippen molar-refractivity contribution in [2.75, 3.05) is 0 Å². The Labute approximate surface area is 553 Å². The van der Waals surface area contributed by atoms with Gasteiger partial charge in [0.25, 0.3) is 0 Å². The fraction of sp³-hybridized carbons (Fsp3) is 0.205. The summed E-state index contributed by atoms with van der Waals surface area (Å²) < 4.78 is 4.60. The molecule has 10 nitrogen and oxygen atoms in total. The van der Waals surface area contributed by atoms with Crippen molar-refractivity contribution in [1.82, 2.24) is 49.6 Å². The van der Waals surface area contributed by atoms with E-state index < -0.39 is 0 Å². The number of nitrogens with zero attached hydrogens (tertiary/aromatic N) is 10. The Morgan fingerprint density at radius 2 is 0.567 bits per heavy atom. The molecule has 8 aromatic carbocycles. The van der Waals surface area contributed by atoms with Crippen LogP contribution in [0, 0.1) is 12.1 Å². The van der Waals surface area contributed by atoms with Crippen molar-refractivity contribution >= 4 is 120 Å². The number of hydrogen-bond donors (Lipinski definition) is 0. The molecule has 0 aliphatic carbocycles. The van der Waals surface area contributed by atoms with E-state index >= 15 is 0 Å². The fourth-order valence-electron chi connectivity index (χ4n) is 12.6. The summed E-state index contributed by atoms with van der Waals surface area (Å²) in [5.74, 6) is 0. The Hall–Kier alpha value is -8.68. The Morgan fingerprint density at radius 3 is 0.867 bits per heavy atom. The van der Waals surface area contributed by atoms with E-state index in [0.717, 1.165) is 55.9 Å². The number of hydrogen-bond acceptors (Lipinski definition) is 6. The molecule has 16 rings (SSSR count). The van der Waals surface area contributed by atoms with Crippen LogP contribution in [-0.4, -0.2) is 39.4 Å². The van der Waals surface area contributed by atoms with Crippen LogP contribution in [0.15, 0.2) is 207 Å². The smallest absolute Gasteiger partial charge is 0.354 e. The zero-order valence-corrected chi connectivity index (χ0v) is 57.3. The summed E-state index contributed by atoms with van der Waals surface area (Å²) in [6.45, 7) is 25.6. The second kappa shape index (κ2) is 24.6. The predicted molar refractivity (Wildman–Crippen MR) is 366 cm³/mol. The van der Waals surface area contributed by atoms with Gasteiger partial charge in [0, 0.05) is 45.0 Å². The van der Waals surface area contributed by atoms with Crippen molar-refractivity contribution < 1.29 is 42.1 Å². The van der Waals surface area contributed by atoms with E-state index in [2.05, 4.69) is 305 Å². The van der Waals surface area contributed by atoms with Gasteiger partial charge in [0.2, 0.25) is 0 Å². The summed E-state index contributed by atoms with van der Waals surface area (Å²) >= 11 is 0. The minimum Gasteiger partial charge on any atom is -0.354 e. The topological polar surface area (TPSA) is 114 Å². The maximum Gasteiger partial charge on any atom is 2.00 e. The normalized spacial score (nSPS) is 12.0. The third-order valence-corrected chi connectivity index (χ3v) is 16.5. The van der Waals surface area contributed by atoms with Gasteiger partial charge in [0.1, 0.15) is 11.3 Å². The molecule has 0 saturated heterocycles. The van der Waals surface area contributed by atoms with Crippen molar-refractivity contribution in [3.05, 3.63) is 241 Å². The number of pyridine rings is 2. The monoisotopic (exact) mass is 1540 g/mol. The third kappa shape index (κ3) is 11.3. The molecule has 16 aromatic rings. The second-order valence-electron chi connectivity index (χ2n) is 26.8. The average molecular weight is 1540 g/mol. The summed E-state index contributed by atoms with van der Waals surface area (Å²) in [6.07, 6.45) is 3.77. The number of benzene rings is 8. The van der Waals surface area contributed by atoms with Gasteiger partial charge in [-0.15, -0.1) is 10.8 Å². The first-order chi connectivity index (χ1) is 42.3. The van der Waals surface area contributed by atoms with Gasteiger partial charge in [0.05, 0.1) is 0 Å². The third-order valence-electron chi connectivity index (χ3n) is 16.5. The van der Waals surface area contributed by atoms with Crippen molar-refractivity contribution in [1.29, 1.82) is 0 Å². The Bertz CT molecular complexity index is 5020. The minimum absolute atomic E-state index is 0. The van der Waals surface area contributed by atoms with Gasteiger partial charge in [-0.05, 0) is 123 Å². The number of aromatic nitrogens is 10. The Balaban J connectivity index is 0.000000133. The Morgan fingerprint density at radius 1 is 0.300 bits per heavy atom. The SMILES string of the molecule is CC(C)(C)c1nn[n-]c1C(C)(C)C.CC(C)(C)c1nn[n-]c1C(C)(C)C.[Pt+2].[Pt+2].[c-]1cccc2c3cccc4c5ccccc5c5ccccc5c5cccnc5n(c12)c43.[c-]1cccc2c3cccc4c5ccccc5c5ccccc5c5cccnc5n(c12)c43. The van der Waals surface area contributed by atoms with Crippen molar-refractivity contribution in [3.8, 4) is 0 Å². The molecule has 0 radical (unpaired) electrons. The van der Waals surface area contributed by atoms with Gasteiger partial charge < -0.3 is 29.2 Å². The van der Waals surface area contributed by atoms with Gasteiger partial charge in [-0.3, -0.25) is 10.4 Å². The maximum atomic E-state index is 4.91. The van der Waals surface area contributed by atoms with E-state index in [0.29, 0.717) is 0 Å². The van der Waals surface area contributed by atoms with Crippen LogP contribution in [0.3, 0.4) is 0 Å². The molecule has 12 heteroatoms. The molecule has 0 aliphatic rings. The zero-order chi connectivity index (χ0) is 61.3. The molecule has 0 saturated carbocycles. The van der Waals surface area contributed by atoms with Gasteiger partial charge in [-0.2, -0.15) is 48.5 Å². The second-order valence-corrected chi connectivity index (χ2v) is 26.8. The largest absolute Gasteiger partial charge is 2.00 e. The van der Waals surface area contributed by atoms with Gasteiger partial charge in [0.15, 0.2) is 0 Å². The van der Waals surface area contributed by atoms with Gasteiger partial charge in [-0.1, -0.05) is 228 Å². The van der Waals surface area contributed by atoms with Crippen molar-refractivity contribution in [2.45, 2.75) is 105 Å². The number of fused-ring (bicyclic) bond motifs is 20. The van der Waals surface area contributed by atoms with E-state index in [-0.39, 0.29) is 63.8 Å². The number of para-hydroxylation sites is 4. The van der Waals surface area contributed by atoms with E-state index in [9.17, 15) is 0 Å². The van der Waals surface area contributed by atoms with Crippen LogP contribution in [0.4, 0.5) is 0 Å². The average Bonchev–Trinajstić information content (AvgIpc) is 1.57. The summed E-state index contributed by atoms with van der Waals surface area (Å²) in [5.41, 5.74) is 10.6. The van der Waals surface area contributed by atoms with Gasteiger partial charge in [-0.25, -0.2) is 9.97 Å². The molecule has 90 heavy (non-hydrogen) atoms. The molecule has 0 fully saturated rings. The summed E-state index contributed by atoms with van der Waals surface area (Å²) in [5, 5.41) is 43.2. The summed E-state index contributed by atoms with van der Waals surface area (Å²) in [4.78, 5) is 9.83. The molecule has 0 spiro atoms. The first-order valence-electron chi connectivity index (χ1n) is 30.2. The van der Waals surface area contributed by atoms with Gasteiger partial charge >= 0.3 is 42.1 Å². The van der Waals surface area contributed by atoms with E-state index in [1.165, 1.54) is 86.4 Å². The first-order valence-corrected chi connectivity index (χ1v) is 30.2. The van der Waals surface area contributed by atoms with Crippen molar-refractivity contribution in [2.24, 2.45) is 0 Å². The molecule has 0 unspecified atom stereocenters. The van der Waals surface area contributed by atoms with Crippen LogP contribution in [-0.2, 0) is 63.8 Å². The molecule has 0 bridgehead atoms. The maximum absolute atomic E-state index is 4.91. The predicted octanol–water partition coefficient (Wildman–Crippen LogP) is 19.0. The molecule has 452 valence electrons. The van der Waals surface area contributed by atoms with Crippen LogP contribution < -0.4 is 10.2 Å². The molecular formula is C78H70N10Pt2. The summed E-state index contributed by atoms with van der Waals surface area (Å²) in [6, 6.07) is 75.8. The van der Waals surface area contributed by atoms with Crippen molar-refractivity contribution in [3.63, 3.8) is 0 Å². The van der Waals surface area contributed by atoms with Crippen LogP contribution in [0.2, 0.25) is 0 Å². The number of rotatable bonds is 0.